The van der Waals surface area contributed by atoms with Crippen LogP contribution in [0.5, 0.6) is 0 Å². The number of aromatic nitrogens is 2. The maximum Gasteiger partial charge on any atom is 0.336 e. The molecule has 34 heavy (non-hydrogen) atoms. The molecular formula is C22H22N4O8. The smallest absolute Gasteiger partial charge is 0.336 e. The fourth-order valence-electron chi connectivity index (χ4n) is 3.86. The zero-order chi connectivity index (χ0) is 24.8. The van der Waals surface area contributed by atoms with E-state index in [1.165, 1.54) is 36.8 Å². The van der Waals surface area contributed by atoms with Gasteiger partial charge in [-0.3, -0.25) is 24.7 Å². The molecule has 0 fully saturated rings. The van der Waals surface area contributed by atoms with E-state index in [1.807, 2.05) is 0 Å². The van der Waals surface area contributed by atoms with Gasteiger partial charge in [-0.1, -0.05) is 12.1 Å². The van der Waals surface area contributed by atoms with E-state index >= 15 is 0 Å². The first-order chi connectivity index (χ1) is 16.3. The van der Waals surface area contributed by atoms with Crippen LogP contribution in [0.4, 0.5) is 5.69 Å². The van der Waals surface area contributed by atoms with Gasteiger partial charge in [0.25, 0.3) is 5.69 Å². The van der Waals surface area contributed by atoms with E-state index in [0.717, 1.165) is 7.11 Å². The molecule has 12 heteroatoms. The molecule has 2 aromatic rings. The van der Waals surface area contributed by atoms with Gasteiger partial charge in [0.1, 0.15) is 5.92 Å². The Labute approximate surface area is 193 Å². The van der Waals surface area contributed by atoms with Gasteiger partial charge >= 0.3 is 17.9 Å². The number of carboxylic acid groups (broad SMARTS) is 1. The van der Waals surface area contributed by atoms with Crippen LogP contribution in [-0.4, -0.2) is 56.9 Å². The lowest BCUT2D eigenvalue weighted by atomic mass is 9.74. The van der Waals surface area contributed by atoms with Gasteiger partial charge in [0.15, 0.2) is 0 Å². The zero-order valence-electron chi connectivity index (χ0n) is 18.4. The highest BCUT2D eigenvalue weighted by molar-refractivity contribution is 6.12. The molecular weight excluding hydrogens is 448 g/mol. The molecule has 0 bridgehead atoms. The normalized spacial score (nSPS) is 17.6. The first-order valence-corrected chi connectivity index (χ1v) is 10.2. The van der Waals surface area contributed by atoms with E-state index in [0.29, 0.717) is 0 Å². The number of ether oxygens (including phenoxy) is 2. The number of esters is 2. The second kappa shape index (κ2) is 10.5. The largest absolute Gasteiger partial charge is 0.481 e. The monoisotopic (exact) mass is 470 g/mol. The molecule has 0 spiro atoms. The number of imidazole rings is 1. The van der Waals surface area contributed by atoms with Crippen molar-refractivity contribution in [3.63, 3.8) is 0 Å². The van der Waals surface area contributed by atoms with Crippen LogP contribution in [0.3, 0.4) is 0 Å². The summed E-state index contributed by atoms with van der Waals surface area (Å²) in [5.41, 5.74) is 0.0836. The molecule has 1 N–H and O–H groups in total. The molecule has 0 aliphatic carbocycles. The number of hydrogen-bond donors (Lipinski definition) is 1. The molecule has 0 amide bonds. The van der Waals surface area contributed by atoms with Gasteiger partial charge < -0.3 is 19.1 Å². The van der Waals surface area contributed by atoms with Crippen molar-refractivity contribution in [3.8, 4) is 0 Å². The summed E-state index contributed by atoms with van der Waals surface area (Å²) < 4.78 is 11.8. The lowest BCUT2D eigenvalue weighted by Gasteiger charge is -2.32. The number of carbonyl (C=O) groups excluding carboxylic acids is 2. The van der Waals surface area contributed by atoms with Gasteiger partial charge in [-0.2, -0.15) is 0 Å². The van der Waals surface area contributed by atoms with Crippen molar-refractivity contribution in [3.05, 3.63) is 69.9 Å². The summed E-state index contributed by atoms with van der Waals surface area (Å²) in [7, 11) is 1.12. The van der Waals surface area contributed by atoms with Crippen LogP contribution in [0.15, 0.2) is 59.2 Å². The number of hydrogen-bond acceptors (Lipinski definition) is 9. The topological polar surface area (TPSA) is 163 Å². The number of nitrogens with zero attached hydrogens (tertiary/aromatic N) is 4. The van der Waals surface area contributed by atoms with Crippen molar-refractivity contribution >= 4 is 29.3 Å². The molecule has 2 heterocycles. The summed E-state index contributed by atoms with van der Waals surface area (Å²) in [5, 5.41) is 20.9. The third-order valence-corrected chi connectivity index (χ3v) is 5.21. The second-order valence-electron chi connectivity index (χ2n) is 7.32. The second-order valence-corrected chi connectivity index (χ2v) is 7.32. The minimum Gasteiger partial charge on any atom is -0.481 e. The molecule has 2 atom stereocenters. The molecule has 178 valence electrons. The number of carbonyl (C=O) groups is 3. The van der Waals surface area contributed by atoms with E-state index in [4.69, 9.17) is 9.47 Å². The predicted octanol–water partition coefficient (Wildman–Crippen LogP) is 2.11. The van der Waals surface area contributed by atoms with Crippen molar-refractivity contribution in [1.29, 1.82) is 0 Å². The summed E-state index contributed by atoms with van der Waals surface area (Å²) in [6.07, 6.45) is 4.02. The predicted molar refractivity (Wildman–Crippen MR) is 117 cm³/mol. The Hall–Kier alpha value is -4.35. The number of aliphatic carboxylic acids is 1. The highest BCUT2D eigenvalue weighted by atomic mass is 16.6. The first kappa shape index (κ1) is 24.3. The van der Waals surface area contributed by atoms with Crippen LogP contribution in [-0.2, 0) is 30.4 Å². The number of nitro benzene ring substituents is 1. The van der Waals surface area contributed by atoms with E-state index in [-0.39, 0.29) is 41.4 Å². The maximum absolute atomic E-state index is 13.1. The van der Waals surface area contributed by atoms with Crippen LogP contribution in [0.25, 0.3) is 0 Å². The number of benzene rings is 1. The summed E-state index contributed by atoms with van der Waals surface area (Å²) >= 11 is 0. The lowest BCUT2D eigenvalue weighted by molar-refractivity contribution is -0.384. The number of allylic oxidation sites excluding steroid dienone is 1. The number of rotatable bonds is 9. The molecule has 1 aromatic carbocycles. The van der Waals surface area contributed by atoms with Crippen molar-refractivity contribution in [2.45, 2.75) is 25.8 Å². The van der Waals surface area contributed by atoms with E-state index in [2.05, 4.69) is 9.98 Å². The fraction of sp³-hybridized carbons (Fsp3) is 0.318. The van der Waals surface area contributed by atoms with Gasteiger partial charge in [0.05, 0.1) is 49.2 Å². The Morgan fingerprint density at radius 3 is 2.65 bits per heavy atom. The molecule has 1 aliphatic heterocycles. The average molecular weight is 470 g/mol. The third kappa shape index (κ3) is 5.17. The molecule has 1 aliphatic rings. The number of methoxy groups -OCH3 is 1. The van der Waals surface area contributed by atoms with E-state index in [1.54, 1.807) is 17.7 Å². The van der Waals surface area contributed by atoms with Crippen LogP contribution in [0, 0.1) is 16.0 Å². The Morgan fingerprint density at radius 1 is 1.29 bits per heavy atom. The van der Waals surface area contributed by atoms with Crippen molar-refractivity contribution in [2.24, 2.45) is 10.9 Å². The molecule has 12 nitrogen and oxygen atoms in total. The lowest BCUT2D eigenvalue weighted by Crippen LogP contribution is -2.39. The summed E-state index contributed by atoms with van der Waals surface area (Å²) in [5.74, 6) is -5.29. The molecule has 0 saturated carbocycles. The highest BCUT2D eigenvalue weighted by Crippen LogP contribution is 2.42. The average Bonchev–Trinajstić information content (AvgIpc) is 3.31. The van der Waals surface area contributed by atoms with Crippen LogP contribution < -0.4 is 0 Å². The molecule has 3 rings (SSSR count). The highest BCUT2D eigenvalue weighted by Gasteiger charge is 2.45. The Morgan fingerprint density at radius 2 is 2.06 bits per heavy atom. The van der Waals surface area contributed by atoms with Gasteiger partial charge in [0.2, 0.25) is 0 Å². The van der Waals surface area contributed by atoms with Crippen LogP contribution in [0.2, 0.25) is 0 Å². The quantitative estimate of drug-likeness (QED) is 0.328. The Balaban J connectivity index is 2.32. The Bertz CT molecular complexity index is 1170. The van der Waals surface area contributed by atoms with Crippen molar-refractivity contribution < 1.29 is 33.9 Å². The molecule has 0 saturated heterocycles. The van der Waals surface area contributed by atoms with E-state index in [9.17, 15) is 29.6 Å². The summed E-state index contributed by atoms with van der Waals surface area (Å²) in [6, 6.07) is 5.44. The first-order valence-electron chi connectivity index (χ1n) is 10.2. The minimum atomic E-state index is -1.31. The van der Waals surface area contributed by atoms with Crippen molar-refractivity contribution in [2.75, 3.05) is 13.7 Å². The summed E-state index contributed by atoms with van der Waals surface area (Å²) in [4.78, 5) is 56.8. The fourth-order valence-corrected chi connectivity index (χ4v) is 3.86. The zero-order valence-corrected chi connectivity index (χ0v) is 18.4. The van der Waals surface area contributed by atoms with E-state index < -0.39 is 41.1 Å². The number of carboxylic acids is 1. The van der Waals surface area contributed by atoms with Gasteiger partial charge in [-0.15, -0.1) is 0 Å². The molecule has 1 aromatic heterocycles. The maximum atomic E-state index is 13.1. The van der Waals surface area contributed by atoms with Crippen LogP contribution >= 0.6 is 0 Å². The van der Waals surface area contributed by atoms with Gasteiger partial charge in [-0.25, -0.2) is 9.78 Å². The minimum absolute atomic E-state index is 0.0133. The number of nitro groups is 1. The van der Waals surface area contributed by atoms with Gasteiger partial charge in [-0.05, 0) is 12.5 Å². The Kier molecular flexibility index (Phi) is 7.51. The van der Waals surface area contributed by atoms with Crippen LogP contribution in [0.1, 0.15) is 24.8 Å². The summed E-state index contributed by atoms with van der Waals surface area (Å²) in [6.45, 7) is 1.66. The third-order valence-electron chi connectivity index (χ3n) is 5.21. The van der Waals surface area contributed by atoms with Gasteiger partial charge in [0, 0.05) is 36.2 Å². The molecule has 0 radical (unpaired) electrons. The SMILES string of the molecule is CCOC(=O)C1=C(Cn2ccnc2)N=C(CC(=O)O)C(C(=O)OC)C1c1cccc([N+](=O)[O-])c1. The van der Waals surface area contributed by atoms with Crippen molar-refractivity contribution in [1.82, 2.24) is 9.55 Å². The molecule has 2 unspecified atom stereocenters. The number of non-ortho nitro benzene ring substituents is 1. The standard InChI is InChI=1S/C22H22N4O8/c1-3-34-22(30)20-16(11-25-8-7-23-12-25)24-15(10-17(27)28)19(21(29)33-2)18(20)13-5-4-6-14(9-13)26(31)32/h4-9,12,18-19H,3,10-11H2,1-2H3,(H,27,28). The number of aliphatic imine (C=N–C) groups is 1.